The molecule has 4 nitrogen and oxygen atoms in total. The van der Waals surface area contributed by atoms with Crippen molar-refractivity contribution in [2.24, 2.45) is 5.73 Å². The maximum absolute atomic E-state index is 12.5. The van der Waals surface area contributed by atoms with Crippen LogP contribution in [-0.4, -0.2) is 8.42 Å². The van der Waals surface area contributed by atoms with Gasteiger partial charge < -0.3 is 5.73 Å². The highest BCUT2D eigenvalue weighted by molar-refractivity contribution is 9.10. The summed E-state index contributed by atoms with van der Waals surface area (Å²) in [5, 5.41) is 0. The average molecular weight is 369 g/mol. The number of benzene rings is 2. The predicted octanol–water partition coefficient (Wildman–Crippen LogP) is 3.58. The van der Waals surface area contributed by atoms with Gasteiger partial charge in [0.1, 0.15) is 0 Å². The lowest BCUT2D eigenvalue weighted by Crippen LogP contribution is -2.15. The van der Waals surface area contributed by atoms with Crippen LogP contribution in [0.25, 0.3) is 0 Å². The molecule has 0 saturated carbocycles. The van der Waals surface area contributed by atoms with Gasteiger partial charge >= 0.3 is 0 Å². The fraction of sp³-hybridized carbons (Fsp3) is 0.200. The minimum absolute atomic E-state index is 0.205. The van der Waals surface area contributed by atoms with E-state index in [9.17, 15) is 8.42 Å². The molecule has 0 fully saturated rings. The first-order valence-electron chi connectivity index (χ1n) is 6.44. The highest BCUT2D eigenvalue weighted by Crippen LogP contribution is 2.24. The van der Waals surface area contributed by atoms with Crippen molar-refractivity contribution in [2.45, 2.75) is 24.8 Å². The Kier molecular flexibility index (Phi) is 4.70. The van der Waals surface area contributed by atoms with Gasteiger partial charge in [-0.25, -0.2) is 8.42 Å². The van der Waals surface area contributed by atoms with Crippen molar-refractivity contribution in [1.82, 2.24) is 0 Å². The Balaban J connectivity index is 2.38. The maximum atomic E-state index is 12.5. The standard InChI is InChI=1S/C15H17BrN2O2S/c1-10-6-7-13(16)9-15(10)18-21(19,20)14-5-3-4-12(8-14)11(2)17/h3-9,11,18H,17H2,1-2H3. The molecule has 2 aromatic rings. The summed E-state index contributed by atoms with van der Waals surface area (Å²) < 4.78 is 28.4. The summed E-state index contributed by atoms with van der Waals surface area (Å²) in [5.41, 5.74) is 7.99. The zero-order valence-corrected chi connectivity index (χ0v) is 14.2. The molecule has 0 heterocycles. The van der Waals surface area contributed by atoms with Gasteiger partial charge in [0.05, 0.1) is 10.6 Å². The Hall–Kier alpha value is -1.37. The largest absolute Gasteiger partial charge is 0.324 e. The maximum Gasteiger partial charge on any atom is 0.261 e. The first-order chi connectivity index (χ1) is 9.79. The topological polar surface area (TPSA) is 72.2 Å². The van der Waals surface area contributed by atoms with Crippen molar-refractivity contribution < 1.29 is 8.42 Å². The molecular formula is C15H17BrN2O2S. The van der Waals surface area contributed by atoms with E-state index >= 15 is 0 Å². The fourth-order valence-electron chi connectivity index (χ4n) is 1.87. The number of halogens is 1. The molecule has 0 aliphatic carbocycles. The van der Waals surface area contributed by atoms with Crippen molar-refractivity contribution in [3.8, 4) is 0 Å². The Bertz CT molecular complexity index is 758. The zero-order chi connectivity index (χ0) is 15.6. The number of nitrogens with one attached hydrogen (secondary N) is 1. The van der Waals surface area contributed by atoms with Crippen LogP contribution in [0.4, 0.5) is 5.69 Å². The molecule has 1 atom stereocenters. The summed E-state index contributed by atoms with van der Waals surface area (Å²) >= 11 is 3.34. The van der Waals surface area contributed by atoms with Gasteiger partial charge in [0.15, 0.2) is 0 Å². The van der Waals surface area contributed by atoms with E-state index in [1.807, 2.05) is 32.0 Å². The second kappa shape index (κ2) is 6.17. The van der Waals surface area contributed by atoms with Gasteiger partial charge in [0.2, 0.25) is 0 Å². The number of hydrogen-bond donors (Lipinski definition) is 2. The van der Waals surface area contributed by atoms with Crippen molar-refractivity contribution in [2.75, 3.05) is 4.72 Å². The van der Waals surface area contributed by atoms with Gasteiger partial charge in [-0.1, -0.05) is 34.1 Å². The third-order valence-electron chi connectivity index (χ3n) is 3.14. The molecule has 0 aliphatic rings. The summed E-state index contributed by atoms with van der Waals surface area (Å²) in [6, 6.07) is 11.9. The van der Waals surface area contributed by atoms with E-state index < -0.39 is 10.0 Å². The van der Waals surface area contributed by atoms with E-state index in [4.69, 9.17) is 5.73 Å². The molecule has 0 saturated heterocycles. The molecule has 1 unspecified atom stereocenters. The quantitative estimate of drug-likeness (QED) is 0.865. The van der Waals surface area contributed by atoms with Crippen molar-refractivity contribution in [1.29, 1.82) is 0 Å². The molecule has 0 bridgehead atoms. The van der Waals surface area contributed by atoms with Crippen molar-refractivity contribution in [3.05, 3.63) is 58.1 Å². The number of rotatable bonds is 4. The van der Waals surface area contributed by atoms with Crippen LogP contribution in [0.1, 0.15) is 24.1 Å². The summed E-state index contributed by atoms with van der Waals surface area (Å²) in [6.45, 7) is 3.67. The summed E-state index contributed by atoms with van der Waals surface area (Å²) in [5.74, 6) is 0. The minimum atomic E-state index is -3.63. The molecule has 21 heavy (non-hydrogen) atoms. The number of aryl methyl sites for hydroxylation is 1. The van der Waals surface area contributed by atoms with Crippen molar-refractivity contribution >= 4 is 31.6 Å². The van der Waals surface area contributed by atoms with E-state index in [2.05, 4.69) is 20.7 Å². The molecule has 2 rings (SSSR count). The van der Waals surface area contributed by atoms with Crippen LogP contribution in [0.3, 0.4) is 0 Å². The third-order valence-corrected chi connectivity index (χ3v) is 4.99. The number of nitrogens with two attached hydrogens (primary N) is 1. The number of hydrogen-bond acceptors (Lipinski definition) is 3. The van der Waals surface area contributed by atoms with Crippen LogP contribution in [0.5, 0.6) is 0 Å². The normalized spacial score (nSPS) is 13.0. The number of sulfonamides is 1. The Morgan fingerprint density at radius 2 is 1.90 bits per heavy atom. The first-order valence-corrected chi connectivity index (χ1v) is 8.72. The van der Waals surface area contributed by atoms with Crippen LogP contribution in [0.15, 0.2) is 51.8 Å². The lowest BCUT2D eigenvalue weighted by Gasteiger charge is -2.13. The Labute approximate surface area is 133 Å². The van der Waals surface area contributed by atoms with Crippen LogP contribution in [0, 0.1) is 6.92 Å². The number of anilines is 1. The Morgan fingerprint density at radius 3 is 2.57 bits per heavy atom. The Morgan fingerprint density at radius 1 is 1.19 bits per heavy atom. The van der Waals surface area contributed by atoms with Gasteiger partial charge in [0.25, 0.3) is 10.0 Å². The smallest absolute Gasteiger partial charge is 0.261 e. The van der Waals surface area contributed by atoms with E-state index in [-0.39, 0.29) is 10.9 Å². The van der Waals surface area contributed by atoms with Gasteiger partial charge in [0, 0.05) is 10.5 Å². The molecule has 3 N–H and O–H groups in total. The molecule has 0 radical (unpaired) electrons. The van der Waals surface area contributed by atoms with Gasteiger partial charge in [-0.05, 0) is 49.2 Å². The van der Waals surface area contributed by atoms with Gasteiger partial charge in [-0.3, -0.25) is 4.72 Å². The third kappa shape index (κ3) is 3.84. The molecule has 6 heteroatoms. The molecule has 2 aromatic carbocycles. The fourth-order valence-corrected chi connectivity index (χ4v) is 3.41. The minimum Gasteiger partial charge on any atom is -0.324 e. The molecule has 112 valence electrons. The molecule has 0 amide bonds. The average Bonchev–Trinajstić information content (AvgIpc) is 2.43. The molecule has 0 spiro atoms. The van der Waals surface area contributed by atoms with Gasteiger partial charge in [-0.2, -0.15) is 0 Å². The zero-order valence-electron chi connectivity index (χ0n) is 11.8. The van der Waals surface area contributed by atoms with Crippen molar-refractivity contribution in [3.63, 3.8) is 0 Å². The summed E-state index contributed by atoms with van der Waals surface area (Å²) in [7, 11) is -3.63. The van der Waals surface area contributed by atoms with E-state index in [1.165, 1.54) is 0 Å². The first kappa shape index (κ1) is 16.0. The molecule has 0 aliphatic heterocycles. The van der Waals surface area contributed by atoms with E-state index in [0.717, 1.165) is 15.6 Å². The second-order valence-electron chi connectivity index (χ2n) is 4.93. The highest BCUT2D eigenvalue weighted by Gasteiger charge is 2.16. The molecule has 0 aromatic heterocycles. The molecular weight excluding hydrogens is 352 g/mol. The summed E-state index contributed by atoms with van der Waals surface area (Å²) in [6.07, 6.45) is 0. The lowest BCUT2D eigenvalue weighted by molar-refractivity contribution is 0.601. The second-order valence-corrected chi connectivity index (χ2v) is 7.52. The van der Waals surface area contributed by atoms with Crippen LogP contribution in [-0.2, 0) is 10.0 Å². The summed E-state index contributed by atoms with van der Waals surface area (Å²) in [4.78, 5) is 0.205. The van der Waals surface area contributed by atoms with Crippen LogP contribution in [0.2, 0.25) is 0 Å². The predicted molar refractivity (Wildman–Crippen MR) is 88.7 cm³/mol. The van der Waals surface area contributed by atoms with Crippen LogP contribution < -0.4 is 10.5 Å². The SMILES string of the molecule is Cc1ccc(Br)cc1NS(=O)(=O)c1cccc(C(C)N)c1. The van der Waals surface area contributed by atoms with E-state index in [0.29, 0.717) is 5.69 Å². The van der Waals surface area contributed by atoms with E-state index in [1.54, 1.807) is 24.3 Å². The monoisotopic (exact) mass is 368 g/mol. The highest BCUT2D eigenvalue weighted by atomic mass is 79.9. The lowest BCUT2D eigenvalue weighted by atomic mass is 10.1. The van der Waals surface area contributed by atoms with Crippen LogP contribution >= 0.6 is 15.9 Å². The van der Waals surface area contributed by atoms with Gasteiger partial charge in [-0.15, -0.1) is 0 Å².